The molecule has 4 aromatic carbocycles. The molecular weight excluding hydrogens is 560 g/mol. The molecule has 0 radical (unpaired) electrons. The van der Waals surface area contributed by atoms with Gasteiger partial charge in [-0.15, -0.1) is 13.2 Å². The Kier molecular flexibility index (Phi) is 11.0. The van der Waals surface area contributed by atoms with E-state index >= 15 is 0 Å². The zero-order valence-corrected chi connectivity index (χ0v) is 27.6. The standard InChI is InChI=1S/C44H50O2/c1-4-10-33-16-20-38(21-17-33)41(26-32(3)44-15-9-8-14-40(44)29-43-31-46-43)28-39(25-24-36-13-7-6-12-35(36)11-5-2)37-22-18-34(19-23-37)27-42-30-45-42/h4-9,12-23,32,39,41-43H,1-2,10-11,24-31H2,3H3. The molecule has 6 rings (SSSR count). The number of allylic oxidation sites excluding steroid dienone is 2. The van der Waals surface area contributed by atoms with Crippen LogP contribution in [-0.2, 0) is 41.6 Å². The van der Waals surface area contributed by atoms with E-state index in [9.17, 15) is 0 Å². The van der Waals surface area contributed by atoms with E-state index in [1.807, 2.05) is 12.2 Å². The maximum Gasteiger partial charge on any atom is 0.0850 e. The molecule has 5 unspecified atom stereocenters. The van der Waals surface area contributed by atoms with Crippen LogP contribution in [0.15, 0.2) is 122 Å². The summed E-state index contributed by atoms with van der Waals surface area (Å²) in [6, 6.07) is 36.8. The van der Waals surface area contributed by atoms with Crippen LogP contribution in [0.5, 0.6) is 0 Å². The quantitative estimate of drug-likeness (QED) is 0.0827. The number of ether oxygens (including phenoxy) is 2. The van der Waals surface area contributed by atoms with Crippen molar-refractivity contribution in [1.29, 1.82) is 0 Å². The molecule has 0 N–H and O–H groups in total. The Morgan fingerprint density at radius 2 is 1.20 bits per heavy atom. The molecule has 0 amide bonds. The van der Waals surface area contributed by atoms with Crippen LogP contribution >= 0.6 is 0 Å². The lowest BCUT2D eigenvalue weighted by atomic mass is 9.76. The number of epoxide rings is 2. The lowest BCUT2D eigenvalue weighted by Gasteiger charge is -2.28. The Labute approximate surface area is 277 Å². The van der Waals surface area contributed by atoms with E-state index in [1.54, 1.807) is 0 Å². The normalized spacial score (nSPS) is 18.8. The van der Waals surface area contributed by atoms with Crippen molar-refractivity contribution in [3.8, 4) is 0 Å². The Morgan fingerprint density at radius 1 is 0.630 bits per heavy atom. The van der Waals surface area contributed by atoms with Gasteiger partial charge < -0.3 is 9.47 Å². The lowest BCUT2D eigenvalue weighted by molar-refractivity contribution is 0.406. The van der Waals surface area contributed by atoms with Crippen molar-refractivity contribution in [2.24, 2.45) is 0 Å². The van der Waals surface area contributed by atoms with Gasteiger partial charge >= 0.3 is 0 Å². The van der Waals surface area contributed by atoms with E-state index in [-0.39, 0.29) is 0 Å². The van der Waals surface area contributed by atoms with Crippen LogP contribution in [0.3, 0.4) is 0 Å². The number of hydrogen-bond acceptors (Lipinski definition) is 2. The highest BCUT2D eigenvalue weighted by Crippen LogP contribution is 2.40. The van der Waals surface area contributed by atoms with Gasteiger partial charge in [0.2, 0.25) is 0 Å². The number of rotatable bonds is 18. The third-order valence-electron chi connectivity index (χ3n) is 10.0. The summed E-state index contributed by atoms with van der Waals surface area (Å²) in [5.74, 6) is 1.33. The molecule has 2 saturated heterocycles. The molecular formula is C44H50O2. The molecule has 0 bridgehead atoms. The fourth-order valence-corrected chi connectivity index (χ4v) is 7.27. The van der Waals surface area contributed by atoms with Crippen molar-refractivity contribution in [3.63, 3.8) is 0 Å². The second kappa shape index (κ2) is 15.7. The van der Waals surface area contributed by atoms with Gasteiger partial charge in [-0.3, -0.25) is 0 Å². The largest absolute Gasteiger partial charge is 0.373 e. The molecule has 2 aliphatic rings. The smallest absolute Gasteiger partial charge is 0.0850 e. The SMILES string of the molecule is C=CCc1ccc(C(CC(C)c2ccccc2CC2CO2)CC(CCc2ccccc2CC=C)c2ccc(CC3CO3)cc2)cc1. The van der Waals surface area contributed by atoms with Crippen LogP contribution in [0.4, 0.5) is 0 Å². The highest BCUT2D eigenvalue weighted by molar-refractivity contribution is 5.35. The highest BCUT2D eigenvalue weighted by atomic mass is 16.6. The van der Waals surface area contributed by atoms with Crippen LogP contribution in [0, 0.1) is 0 Å². The number of aryl methyl sites for hydroxylation is 1. The summed E-state index contributed by atoms with van der Waals surface area (Å²) in [7, 11) is 0. The molecule has 2 nitrogen and oxygen atoms in total. The predicted octanol–water partition coefficient (Wildman–Crippen LogP) is 10.1. The van der Waals surface area contributed by atoms with Crippen molar-refractivity contribution >= 4 is 0 Å². The summed E-state index contributed by atoms with van der Waals surface area (Å²) < 4.78 is 11.2. The van der Waals surface area contributed by atoms with E-state index in [1.165, 1.54) is 44.5 Å². The van der Waals surface area contributed by atoms with Gasteiger partial charge in [0.25, 0.3) is 0 Å². The monoisotopic (exact) mass is 610 g/mol. The third-order valence-corrected chi connectivity index (χ3v) is 10.0. The van der Waals surface area contributed by atoms with Gasteiger partial charge in [0, 0.05) is 12.8 Å². The van der Waals surface area contributed by atoms with Gasteiger partial charge in [0.05, 0.1) is 25.4 Å². The fourth-order valence-electron chi connectivity index (χ4n) is 7.27. The first kappa shape index (κ1) is 32.2. The molecule has 238 valence electrons. The summed E-state index contributed by atoms with van der Waals surface area (Å²) >= 11 is 0. The molecule has 0 saturated carbocycles. The Bertz CT molecular complexity index is 1560. The van der Waals surface area contributed by atoms with Gasteiger partial charge in [-0.05, 0) is 101 Å². The molecule has 2 aliphatic heterocycles. The van der Waals surface area contributed by atoms with Gasteiger partial charge in [-0.1, -0.05) is 116 Å². The second-order valence-electron chi connectivity index (χ2n) is 13.6. The van der Waals surface area contributed by atoms with Crippen LogP contribution in [-0.4, -0.2) is 25.4 Å². The van der Waals surface area contributed by atoms with Gasteiger partial charge in [0.1, 0.15) is 0 Å². The van der Waals surface area contributed by atoms with E-state index in [4.69, 9.17) is 9.47 Å². The highest BCUT2D eigenvalue weighted by Gasteiger charge is 2.27. The molecule has 0 aromatic heterocycles. The minimum Gasteiger partial charge on any atom is -0.373 e. The molecule has 2 heterocycles. The minimum absolute atomic E-state index is 0.393. The van der Waals surface area contributed by atoms with Crippen molar-refractivity contribution in [2.75, 3.05) is 13.2 Å². The molecule has 5 atom stereocenters. The average molecular weight is 611 g/mol. The first-order valence-corrected chi connectivity index (χ1v) is 17.4. The zero-order chi connectivity index (χ0) is 31.7. The van der Waals surface area contributed by atoms with Crippen molar-refractivity contribution in [3.05, 3.63) is 167 Å². The molecule has 4 aromatic rings. The van der Waals surface area contributed by atoms with E-state index < -0.39 is 0 Å². The molecule has 0 spiro atoms. The first-order chi connectivity index (χ1) is 22.6. The van der Waals surface area contributed by atoms with Crippen molar-refractivity contribution in [1.82, 2.24) is 0 Å². The molecule has 0 aliphatic carbocycles. The van der Waals surface area contributed by atoms with E-state index in [0.29, 0.717) is 30.0 Å². The van der Waals surface area contributed by atoms with Crippen LogP contribution in [0.25, 0.3) is 0 Å². The van der Waals surface area contributed by atoms with Gasteiger partial charge in [-0.2, -0.15) is 0 Å². The number of benzene rings is 4. The summed E-state index contributed by atoms with van der Waals surface area (Å²) in [6.45, 7) is 12.2. The Morgan fingerprint density at radius 3 is 1.85 bits per heavy atom. The van der Waals surface area contributed by atoms with Crippen molar-refractivity contribution < 1.29 is 9.47 Å². The zero-order valence-electron chi connectivity index (χ0n) is 27.6. The average Bonchev–Trinajstić information content (AvgIpc) is 4.03. The summed E-state index contributed by atoms with van der Waals surface area (Å²) in [5.41, 5.74) is 11.4. The summed E-state index contributed by atoms with van der Waals surface area (Å²) in [4.78, 5) is 0. The fraction of sp³-hybridized carbons (Fsp3) is 0.364. The summed E-state index contributed by atoms with van der Waals surface area (Å²) in [5, 5.41) is 0. The van der Waals surface area contributed by atoms with E-state index in [0.717, 1.165) is 64.6 Å². The third kappa shape index (κ3) is 8.96. The lowest BCUT2D eigenvalue weighted by Crippen LogP contribution is -2.13. The van der Waals surface area contributed by atoms with Gasteiger partial charge in [0.15, 0.2) is 0 Å². The molecule has 2 fully saturated rings. The van der Waals surface area contributed by atoms with Crippen LogP contribution in [0.1, 0.15) is 88.4 Å². The van der Waals surface area contributed by atoms with Crippen molar-refractivity contribution in [2.45, 2.75) is 88.3 Å². The minimum atomic E-state index is 0.393. The maximum atomic E-state index is 5.63. The van der Waals surface area contributed by atoms with E-state index in [2.05, 4.69) is 117 Å². The Balaban J connectivity index is 1.29. The summed E-state index contributed by atoms with van der Waals surface area (Å²) in [6.07, 6.45) is 13.1. The molecule has 2 heteroatoms. The van der Waals surface area contributed by atoms with Gasteiger partial charge in [-0.25, -0.2) is 0 Å². The molecule has 46 heavy (non-hydrogen) atoms. The van der Waals surface area contributed by atoms with Crippen LogP contribution < -0.4 is 0 Å². The second-order valence-corrected chi connectivity index (χ2v) is 13.6. The first-order valence-electron chi connectivity index (χ1n) is 17.4. The topological polar surface area (TPSA) is 25.1 Å². The maximum absolute atomic E-state index is 5.63. The predicted molar refractivity (Wildman–Crippen MR) is 192 cm³/mol. The van der Waals surface area contributed by atoms with Crippen LogP contribution in [0.2, 0.25) is 0 Å². The number of hydrogen-bond donors (Lipinski definition) is 0. The Hall–Kier alpha value is -3.72.